The third-order valence-electron chi connectivity index (χ3n) is 5.57. The molecule has 2 aromatic rings. The van der Waals surface area contributed by atoms with E-state index in [0.29, 0.717) is 12.1 Å². The molecule has 0 spiro atoms. The summed E-state index contributed by atoms with van der Waals surface area (Å²) in [5.74, 6) is -0.307. The molecule has 2 fully saturated rings. The number of halogens is 1. The molecule has 0 bridgehead atoms. The maximum atomic E-state index is 13.9. The number of benzene rings is 2. The zero-order chi connectivity index (χ0) is 18.6. The summed E-state index contributed by atoms with van der Waals surface area (Å²) in [6.07, 6.45) is 0.723. The topological polar surface area (TPSA) is 41.6 Å². The Morgan fingerprint density at radius 2 is 1.81 bits per heavy atom. The van der Waals surface area contributed by atoms with Crippen molar-refractivity contribution in [1.29, 1.82) is 0 Å². The lowest BCUT2D eigenvalue weighted by Crippen LogP contribution is -2.44. The van der Waals surface area contributed by atoms with Gasteiger partial charge in [0.05, 0.1) is 19.3 Å². The van der Waals surface area contributed by atoms with Crippen molar-refractivity contribution >= 4 is 5.91 Å². The Hall–Kier alpha value is -2.24. The van der Waals surface area contributed by atoms with Crippen LogP contribution in [0.4, 0.5) is 4.39 Å². The lowest BCUT2D eigenvalue weighted by atomic mass is 10.0. The number of carbonyl (C=O) groups is 1. The summed E-state index contributed by atoms with van der Waals surface area (Å²) in [5.41, 5.74) is 1.85. The molecule has 1 amide bonds. The van der Waals surface area contributed by atoms with Gasteiger partial charge in [-0.1, -0.05) is 48.5 Å². The molecule has 142 valence electrons. The van der Waals surface area contributed by atoms with Gasteiger partial charge in [0, 0.05) is 25.6 Å². The summed E-state index contributed by atoms with van der Waals surface area (Å²) >= 11 is 0. The lowest BCUT2D eigenvalue weighted by Gasteiger charge is -2.35. The number of nitrogens with one attached hydrogen (secondary N) is 1. The van der Waals surface area contributed by atoms with Crippen LogP contribution in [0.5, 0.6) is 0 Å². The van der Waals surface area contributed by atoms with Crippen LogP contribution in [-0.2, 0) is 9.53 Å². The van der Waals surface area contributed by atoms with Crippen molar-refractivity contribution in [3.8, 4) is 0 Å². The molecule has 1 aliphatic heterocycles. The van der Waals surface area contributed by atoms with Gasteiger partial charge < -0.3 is 10.1 Å². The fraction of sp³-hybridized carbons (Fsp3) is 0.409. The van der Waals surface area contributed by atoms with Crippen LogP contribution < -0.4 is 5.32 Å². The average molecular weight is 368 g/mol. The Morgan fingerprint density at radius 1 is 1.11 bits per heavy atom. The van der Waals surface area contributed by atoms with Gasteiger partial charge in [0.15, 0.2) is 0 Å². The standard InChI is InChI=1S/C22H25FN2O2/c23-20-9-5-4-8-17(20)18-14-19(18)22(26)24-15-21(16-6-2-1-3-7-16)25-10-12-27-13-11-25/h1-9,18-19,21H,10-15H2,(H,24,26). The molecule has 3 atom stereocenters. The van der Waals surface area contributed by atoms with Gasteiger partial charge in [-0.05, 0) is 29.5 Å². The highest BCUT2D eigenvalue weighted by Gasteiger charge is 2.45. The van der Waals surface area contributed by atoms with E-state index in [1.165, 1.54) is 11.6 Å². The van der Waals surface area contributed by atoms with Crippen molar-refractivity contribution in [3.63, 3.8) is 0 Å². The molecule has 4 nitrogen and oxygen atoms in total. The van der Waals surface area contributed by atoms with Crippen LogP contribution in [0.3, 0.4) is 0 Å². The molecule has 1 heterocycles. The van der Waals surface area contributed by atoms with Gasteiger partial charge in [-0.15, -0.1) is 0 Å². The molecule has 1 saturated heterocycles. The van der Waals surface area contributed by atoms with E-state index in [4.69, 9.17) is 4.74 Å². The van der Waals surface area contributed by atoms with E-state index in [0.717, 1.165) is 32.7 Å². The molecule has 2 aliphatic rings. The fourth-order valence-corrected chi connectivity index (χ4v) is 3.95. The van der Waals surface area contributed by atoms with Gasteiger partial charge in [0.1, 0.15) is 5.82 Å². The number of hydrogen-bond donors (Lipinski definition) is 1. The van der Waals surface area contributed by atoms with Gasteiger partial charge in [0.2, 0.25) is 5.91 Å². The van der Waals surface area contributed by atoms with Crippen LogP contribution in [0.25, 0.3) is 0 Å². The van der Waals surface area contributed by atoms with E-state index in [-0.39, 0.29) is 29.6 Å². The molecule has 1 aliphatic carbocycles. The van der Waals surface area contributed by atoms with E-state index >= 15 is 0 Å². The van der Waals surface area contributed by atoms with Crippen molar-refractivity contribution in [2.24, 2.45) is 5.92 Å². The third kappa shape index (κ3) is 4.20. The number of amides is 1. The normalized spacial score (nSPS) is 23.6. The van der Waals surface area contributed by atoms with Crippen molar-refractivity contribution in [3.05, 3.63) is 71.5 Å². The van der Waals surface area contributed by atoms with Crippen LogP contribution >= 0.6 is 0 Å². The highest BCUT2D eigenvalue weighted by Crippen LogP contribution is 2.48. The molecular formula is C22H25FN2O2. The molecular weight excluding hydrogens is 343 g/mol. The fourth-order valence-electron chi connectivity index (χ4n) is 3.95. The highest BCUT2D eigenvalue weighted by atomic mass is 19.1. The van der Waals surface area contributed by atoms with Crippen molar-refractivity contribution < 1.29 is 13.9 Å². The quantitative estimate of drug-likeness (QED) is 0.852. The number of nitrogens with zero attached hydrogens (tertiary/aromatic N) is 1. The first-order chi connectivity index (χ1) is 13.2. The summed E-state index contributed by atoms with van der Waals surface area (Å²) in [6, 6.07) is 17.2. The van der Waals surface area contributed by atoms with Gasteiger partial charge in [-0.2, -0.15) is 0 Å². The molecule has 1 N–H and O–H groups in total. The first-order valence-corrected chi connectivity index (χ1v) is 9.63. The smallest absolute Gasteiger partial charge is 0.223 e. The maximum Gasteiger partial charge on any atom is 0.223 e. The SMILES string of the molecule is O=C(NCC(c1ccccc1)N1CCOCC1)C1CC1c1ccccc1F. The molecule has 0 radical (unpaired) electrons. The number of hydrogen-bond acceptors (Lipinski definition) is 3. The summed E-state index contributed by atoms with van der Waals surface area (Å²) in [4.78, 5) is 15.0. The van der Waals surface area contributed by atoms with Gasteiger partial charge in [0.25, 0.3) is 0 Å². The summed E-state index contributed by atoms with van der Waals surface area (Å²) in [6.45, 7) is 3.71. The molecule has 5 heteroatoms. The number of morpholine rings is 1. The van der Waals surface area contributed by atoms with Crippen LogP contribution in [-0.4, -0.2) is 43.7 Å². The van der Waals surface area contributed by atoms with Crippen LogP contribution in [0.1, 0.15) is 29.5 Å². The molecule has 0 aromatic heterocycles. The summed E-state index contributed by atoms with van der Waals surface area (Å²) in [5, 5.41) is 3.12. The predicted molar refractivity (Wildman–Crippen MR) is 102 cm³/mol. The second-order valence-corrected chi connectivity index (χ2v) is 7.29. The minimum atomic E-state index is -0.215. The predicted octanol–water partition coefficient (Wildman–Crippen LogP) is 3.12. The maximum absolute atomic E-state index is 13.9. The Bertz CT molecular complexity index is 777. The molecule has 2 aromatic carbocycles. The Labute approximate surface area is 159 Å². The molecule has 4 rings (SSSR count). The van der Waals surface area contributed by atoms with Crippen LogP contribution in [0.2, 0.25) is 0 Å². The van der Waals surface area contributed by atoms with Crippen molar-refractivity contribution in [1.82, 2.24) is 10.2 Å². The van der Waals surface area contributed by atoms with E-state index in [1.54, 1.807) is 12.1 Å². The lowest BCUT2D eigenvalue weighted by molar-refractivity contribution is -0.122. The summed E-state index contributed by atoms with van der Waals surface area (Å²) < 4.78 is 19.4. The Morgan fingerprint density at radius 3 is 2.56 bits per heavy atom. The average Bonchev–Trinajstić information content (AvgIpc) is 3.51. The minimum Gasteiger partial charge on any atom is -0.379 e. The minimum absolute atomic E-state index is 0.00441. The van der Waals surface area contributed by atoms with E-state index in [9.17, 15) is 9.18 Å². The number of ether oxygens (including phenoxy) is 1. The Balaban J connectivity index is 1.39. The Kier molecular flexibility index (Phi) is 5.50. The largest absolute Gasteiger partial charge is 0.379 e. The van der Waals surface area contributed by atoms with Crippen LogP contribution in [0.15, 0.2) is 54.6 Å². The number of rotatable bonds is 6. The van der Waals surface area contributed by atoms with Gasteiger partial charge in [-0.25, -0.2) is 4.39 Å². The van der Waals surface area contributed by atoms with Crippen molar-refractivity contribution in [2.45, 2.75) is 18.4 Å². The van der Waals surface area contributed by atoms with Gasteiger partial charge >= 0.3 is 0 Å². The van der Waals surface area contributed by atoms with Crippen LogP contribution in [0, 0.1) is 11.7 Å². The number of carbonyl (C=O) groups excluding carboxylic acids is 1. The third-order valence-corrected chi connectivity index (χ3v) is 5.57. The second-order valence-electron chi connectivity index (χ2n) is 7.29. The molecule has 3 unspecified atom stereocenters. The zero-order valence-electron chi connectivity index (χ0n) is 15.3. The first kappa shape index (κ1) is 18.1. The van der Waals surface area contributed by atoms with E-state index < -0.39 is 0 Å². The van der Waals surface area contributed by atoms with E-state index in [2.05, 4.69) is 22.3 Å². The second kappa shape index (κ2) is 8.19. The summed E-state index contributed by atoms with van der Waals surface area (Å²) in [7, 11) is 0. The zero-order valence-corrected chi connectivity index (χ0v) is 15.3. The highest BCUT2D eigenvalue weighted by molar-refractivity contribution is 5.83. The monoisotopic (exact) mass is 368 g/mol. The van der Waals surface area contributed by atoms with Gasteiger partial charge in [-0.3, -0.25) is 9.69 Å². The van der Waals surface area contributed by atoms with Crippen molar-refractivity contribution in [2.75, 3.05) is 32.8 Å². The molecule has 1 saturated carbocycles. The molecule has 27 heavy (non-hydrogen) atoms. The van der Waals surface area contributed by atoms with E-state index in [1.807, 2.05) is 24.3 Å². The first-order valence-electron chi connectivity index (χ1n) is 9.63.